The number of hydrogen-bond donors (Lipinski definition) is 0. The van der Waals surface area contributed by atoms with Crippen LogP contribution >= 0.6 is 0 Å². The van der Waals surface area contributed by atoms with Gasteiger partial charge >= 0.3 is 0 Å². The summed E-state index contributed by atoms with van der Waals surface area (Å²) in [6.07, 6.45) is 5.43. The van der Waals surface area contributed by atoms with Crippen molar-refractivity contribution in [2.45, 2.75) is 19.3 Å². The number of amides is 1. The number of piperidine rings is 1. The Labute approximate surface area is 71.8 Å². The van der Waals surface area contributed by atoms with Crippen molar-refractivity contribution in [2.24, 2.45) is 4.99 Å². The van der Waals surface area contributed by atoms with Crippen LogP contribution in [0, 0.1) is 0 Å². The number of carbonyl (C=O) groups is 1. The van der Waals surface area contributed by atoms with Crippen LogP contribution in [0.15, 0.2) is 4.99 Å². The summed E-state index contributed by atoms with van der Waals surface area (Å²) in [5.41, 5.74) is 0. The average Bonchev–Trinajstić information content (AvgIpc) is 2.54. The lowest BCUT2D eigenvalue weighted by Gasteiger charge is -2.33. The fourth-order valence-electron chi connectivity index (χ4n) is 1.66. The zero-order valence-electron chi connectivity index (χ0n) is 7.07. The van der Waals surface area contributed by atoms with Gasteiger partial charge in [0.05, 0.1) is 0 Å². The lowest BCUT2D eigenvalue weighted by atomic mass is 10.2. The topological polar surface area (TPSA) is 35.9 Å². The Balaban J connectivity index is 1.91. The first-order valence-electron chi connectivity index (χ1n) is 4.45. The molecule has 2 rings (SSSR count). The third kappa shape index (κ3) is 1.48. The average molecular weight is 167 g/mol. The number of hydrazine groups is 1. The van der Waals surface area contributed by atoms with Gasteiger partial charge in [-0.05, 0) is 12.8 Å². The van der Waals surface area contributed by atoms with E-state index >= 15 is 0 Å². The number of nitrogens with zero attached hydrogens (tertiary/aromatic N) is 3. The van der Waals surface area contributed by atoms with Gasteiger partial charge in [0.25, 0.3) is 5.91 Å². The lowest BCUT2D eigenvalue weighted by Crippen LogP contribution is -2.44. The Morgan fingerprint density at radius 1 is 1.25 bits per heavy atom. The van der Waals surface area contributed by atoms with Gasteiger partial charge in [-0.25, -0.2) is 10.0 Å². The summed E-state index contributed by atoms with van der Waals surface area (Å²) in [6, 6.07) is 0. The van der Waals surface area contributed by atoms with Crippen molar-refractivity contribution in [3.8, 4) is 0 Å². The van der Waals surface area contributed by atoms with Gasteiger partial charge in [0.2, 0.25) is 0 Å². The predicted molar refractivity (Wildman–Crippen MR) is 45.6 cm³/mol. The third-order valence-corrected chi connectivity index (χ3v) is 2.33. The second-order valence-electron chi connectivity index (χ2n) is 3.25. The zero-order valence-corrected chi connectivity index (χ0v) is 7.07. The van der Waals surface area contributed by atoms with Gasteiger partial charge in [0.1, 0.15) is 12.9 Å². The predicted octanol–water partition coefficient (Wildman–Crippen LogP) is 0.258. The van der Waals surface area contributed by atoms with Crippen molar-refractivity contribution >= 4 is 12.2 Å². The quantitative estimate of drug-likeness (QED) is 0.562. The molecule has 1 amide bonds. The largest absolute Gasteiger partial charge is 0.286 e. The zero-order chi connectivity index (χ0) is 8.39. The van der Waals surface area contributed by atoms with Crippen molar-refractivity contribution in [1.29, 1.82) is 0 Å². The van der Waals surface area contributed by atoms with E-state index in [1.807, 2.05) is 5.01 Å². The maximum Gasteiger partial charge on any atom is 0.268 e. The first-order valence-corrected chi connectivity index (χ1v) is 4.45. The highest BCUT2D eigenvalue weighted by Crippen LogP contribution is 2.12. The summed E-state index contributed by atoms with van der Waals surface area (Å²) in [7, 11) is 0. The Kier molecular flexibility index (Phi) is 2.08. The SMILES string of the molecule is O=C1CN(N2CCCCC2)C=N1. The van der Waals surface area contributed by atoms with Gasteiger partial charge in [-0.2, -0.15) is 0 Å². The molecule has 0 spiro atoms. The maximum atomic E-state index is 10.8. The number of hydrogen-bond acceptors (Lipinski definition) is 3. The van der Waals surface area contributed by atoms with Crippen LogP contribution < -0.4 is 0 Å². The molecule has 0 unspecified atom stereocenters. The van der Waals surface area contributed by atoms with E-state index in [1.54, 1.807) is 6.34 Å². The van der Waals surface area contributed by atoms with Crippen molar-refractivity contribution in [1.82, 2.24) is 10.0 Å². The standard InChI is InChI=1S/C8H13N3O/c12-8-6-11(7-9-8)10-4-2-1-3-5-10/h7H,1-6H2. The first-order chi connectivity index (χ1) is 5.86. The molecule has 0 saturated carbocycles. The molecule has 0 atom stereocenters. The molecule has 1 fully saturated rings. The maximum absolute atomic E-state index is 10.8. The minimum Gasteiger partial charge on any atom is -0.286 e. The summed E-state index contributed by atoms with van der Waals surface area (Å²) in [4.78, 5) is 14.5. The van der Waals surface area contributed by atoms with Crippen LogP contribution in [-0.4, -0.2) is 41.9 Å². The monoisotopic (exact) mass is 167 g/mol. The molecule has 0 aromatic heterocycles. The molecule has 0 aliphatic carbocycles. The number of rotatable bonds is 1. The van der Waals surface area contributed by atoms with E-state index in [0.29, 0.717) is 6.54 Å². The molecule has 2 aliphatic rings. The Bertz CT molecular complexity index is 208. The van der Waals surface area contributed by atoms with Crippen molar-refractivity contribution in [2.75, 3.05) is 19.6 Å². The van der Waals surface area contributed by atoms with Crippen LogP contribution in [0.2, 0.25) is 0 Å². The van der Waals surface area contributed by atoms with E-state index in [2.05, 4.69) is 10.0 Å². The van der Waals surface area contributed by atoms with E-state index in [9.17, 15) is 4.79 Å². The molecule has 1 saturated heterocycles. The Hall–Kier alpha value is -0.900. The molecule has 4 heteroatoms. The molecular weight excluding hydrogens is 154 g/mol. The summed E-state index contributed by atoms with van der Waals surface area (Å²) < 4.78 is 0. The highest BCUT2D eigenvalue weighted by atomic mass is 16.2. The van der Waals surface area contributed by atoms with Crippen LogP contribution in [0.25, 0.3) is 0 Å². The highest BCUT2D eigenvalue weighted by Gasteiger charge is 2.21. The molecule has 0 radical (unpaired) electrons. The molecule has 0 N–H and O–H groups in total. The summed E-state index contributed by atoms with van der Waals surface area (Å²) in [5.74, 6) is -0.0272. The van der Waals surface area contributed by atoms with Gasteiger partial charge in [-0.15, -0.1) is 0 Å². The molecule has 2 aliphatic heterocycles. The molecule has 2 heterocycles. The van der Waals surface area contributed by atoms with Gasteiger partial charge in [0, 0.05) is 13.1 Å². The van der Waals surface area contributed by atoms with Crippen LogP contribution in [0.4, 0.5) is 0 Å². The van der Waals surface area contributed by atoms with E-state index < -0.39 is 0 Å². The molecule has 0 aromatic carbocycles. The minimum absolute atomic E-state index is 0.0272. The molecule has 0 aromatic rings. The minimum atomic E-state index is -0.0272. The first kappa shape index (κ1) is 7.73. The van der Waals surface area contributed by atoms with E-state index in [1.165, 1.54) is 19.3 Å². The van der Waals surface area contributed by atoms with Crippen molar-refractivity contribution < 1.29 is 4.79 Å². The normalized spacial score (nSPS) is 25.3. The number of aliphatic imine (C=N–C) groups is 1. The fourth-order valence-corrected chi connectivity index (χ4v) is 1.66. The van der Waals surface area contributed by atoms with Crippen LogP contribution in [0.5, 0.6) is 0 Å². The van der Waals surface area contributed by atoms with E-state index in [0.717, 1.165) is 13.1 Å². The van der Waals surface area contributed by atoms with Crippen LogP contribution in [-0.2, 0) is 4.79 Å². The third-order valence-electron chi connectivity index (χ3n) is 2.33. The van der Waals surface area contributed by atoms with Gasteiger partial charge < -0.3 is 0 Å². The summed E-state index contributed by atoms with van der Waals surface area (Å²) in [6.45, 7) is 2.58. The summed E-state index contributed by atoms with van der Waals surface area (Å²) >= 11 is 0. The smallest absolute Gasteiger partial charge is 0.268 e. The lowest BCUT2D eigenvalue weighted by molar-refractivity contribution is -0.119. The van der Waals surface area contributed by atoms with Gasteiger partial charge in [0.15, 0.2) is 0 Å². The molecule has 12 heavy (non-hydrogen) atoms. The second kappa shape index (κ2) is 3.23. The van der Waals surface area contributed by atoms with Crippen molar-refractivity contribution in [3.05, 3.63) is 0 Å². The highest BCUT2D eigenvalue weighted by molar-refractivity contribution is 5.91. The molecule has 4 nitrogen and oxygen atoms in total. The van der Waals surface area contributed by atoms with Crippen molar-refractivity contribution in [3.63, 3.8) is 0 Å². The molecule has 66 valence electrons. The molecular formula is C8H13N3O. The van der Waals surface area contributed by atoms with E-state index in [-0.39, 0.29) is 5.91 Å². The van der Waals surface area contributed by atoms with Gasteiger partial charge in [-0.3, -0.25) is 9.80 Å². The van der Waals surface area contributed by atoms with Crippen LogP contribution in [0.1, 0.15) is 19.3 Å². The fraction of sp³-hybridized carbons (Fsp3) is 0.750. The number of carbonyl (C=O) groups excluding carboxylic acids is 1. The van der Waals surface area contributed by atoms with Gasteiger partial charge in [-0.1, -0.05) is 6.42 Å². The molecule has 0 bridgehead atoms. The Morgan fingerprint density at radius 2 is 2.00 bits per heavy atom. The summed E-state index contributed by atoms with van der Waals surface area (Å²) in [5, 5.41) is 4.14. The van der Waals surface area contributed by atoms with E-state index in [4.69, 9.17) is 0 Å². The Morgan fingerprint density at radius 3 is 2.58 bits per heavy atom. The second-order valence-corrected chi connectivity index (χ2v) is 3.25. The van der Waals surface area contributed by atoms with Crippen LogP contribution in [0.3, 0.4) is 0 Å².